The lowest BCUT2D eigenvalue weighted by molar-refractivity contribution is -0.106. The monoisotopic (exact) mass is 211 g/mol. The predicted octanol–water partition coefficient (Wildman–Crippen LogP) is 0.803. The van der Waals surface area contributed by atoms with Crippen molar-refractivity contribution in [3.05, 3.63) is 29.3 Å². The Morgan fingerprint density at radius 3 is 2.47 bits per heavy atom. The molecule has 0 atom stereocenters. The summed E-state index contributed by atoms with van der Waals surface area (Å²) in [5.41, 5.74) is 5.28. The first-order chi connectivity index (χ1) is 7.06. The predicted molar refractivity (Wildman–Crippen MR) is 54.9 cm³/mol. The summed E-state index contributed by atoms with van der Waals surface area (Å²) in [4.78, 5) is 19.2. The van der Waals surface area contributed by atoms with Gasteiger partial charge in [0, 0.05) is 0 Å². The van der Waals surface area contributed by atoms with Gasteiger partial charge in [-0.15, -0.1) is 0 Å². The molecule has 0 saturated heterocycles. The van der Waals surface area contributed by atoms with Gasteiger partial charge in [-0.1, -0.05) is 11.6 Å². The maximum absolute atomic E-state index is 10.7. The molecule has 0 spiro atoms. The lowest BCUT2D eigenvalue weighted by atomic mass is 10.1. The van der Waals surface area contributed by atoms with E-state index in [1.165, 1.54) is 7.11 Å². The fraction of sp³-hybridized carbons (Fsp3) is 0.200. The fourth-order valence-electron chi connectivity index (χ4n) is 0.989. The largest absolute Gasteiger partial charge is 0.496 e. The molecular formula is C10H13NO4. The van der Waals surface area contributed by atoms with Crippen molar-refractivity contribution in [2.45, 2.75) is 6.92 Å². The molecule has 0 aliphatic carbocycles. The molecule has 5 heteroatoms. The Morgan fingerprint density at radius 1 is 1.53 bits per heavy atom. The van der Waals surface area contributed by atoms with Crippen molar-refractivity contribution in [3.63, 3.8) is 0 Å². The van der Waals surface area contributed by atoms with Crippen LogP contribution < -0.4 is 10.5 Å². The Kier molecular flexibility index (Phi) is 5.55. The third-order valence-corrected chi connectivity index (χ3v) is 1.59. The Labute approximate surface area is 87.5 Å². The van der Waals surface area contributed by atoms with E-state index in [0.29, 0.717) is 5.75 Å². The number of methoxy groups -OCH3 is 1. The highest BCUT2D eigenvalue weighted by Gasteiger charge is 2.09. The van der Waals surface area contributed by atoms with E-state index in [4.69, 9.17) is 14.6 Å². The first-order valence-electron chi connectivity index (χ1n) is 4.10. The van der Waals surface area contributed by atoms with Gasteiger partial charge in [0.1, 0.15) is 11.3 Å². The Morgan fingerprint density at radius 2 is 2.07 bits per heavy atom. The summed E-state index contributed by atoms with van der Waals surface area (Å²) < 4.78 is 4.88. The molecule has 0 unspecified atom stereocenters. The van der Waals surface area contributed by atoms with Gasteiger partial charge in [0.2, 0.25) is 6.41 Å². The van der Waals surface area contributed by atoms with Crippen LogP contribution in [-0.4, -0.2) is 24.6 Å². The zero-order valence-corrected chi connectivity index (χ0v) is 8.56. The lowest BCUT2D eigenvalue weighted by Gasteiger charge is -2.04. The number of aryl methyl sites for hydroxylation is 1. The molecular weight excluding hydrogens is 198 g/mol. The molecule has 0 aromatic heterocycles. The molecule has 5 nitrogen and oxygen atoms in total. The second kappa shape index (κ2) is 6.42. The molecule has 0 heterocycles. The van der Waals surface area contributed by atoms with E-state index in [0.717, 1.165) is 5.56 Å². The van der Waals surface area contributed by atoms with Crippen LogP contribution in [-0.2, 0) is 4.79 Å². The van der Waals surface area contributed by atoms with Gasteiger partial charge in [0.25, 0.3) is 0 Å². The minimum atomic E-state index is -0.962. The molecule has 0 saturated carbocycles. The summed E-state index contributed by atoms with van der Waals surface area (Å²) in [7, 11) is 1.46. The molecule has 0 bridgehead atoms. The number of ether oxygens (including phenoxy) is 1. The normalized spacial score (nSPS) is 8.40. The maximum atomic E-state index is 10.7. The van der Waals surface area contributed by atoms with Crippen LogP contribution in [0.2, 0.25) is 0 Å². The third kappa shape index (κ3) is 4.12. The van der Waals surface area contributed by atoms with Crippen LogP contribution in [0.4, 0.5) is 0 Å². The molecule has 1 aromatic rings. The van der Waals surface area contributed by atoms with Gasteiger partial charge in [-0.3, -0.25) is 4.79 Å². The number of hydrogen-bond acceptors (Lipinski definition) is 3. The first kappa shape index (κ1) is 13.0. The average Bonchev–Trinajstić information content (AvgIpc) is 2.19. The van der Waals surface area contributed by atoms with Gasteiger partial charge < -0.3 is 15.6 Å². The van der Waals surface area contributed by atoms with E-state index in [1.54, 1.807) is 12.1 Å². The topological polar surface area (TPSA) is 89.6 Å². The molecule has 0 aliphatic rings. The number of nitrogens with two attached hydrogens (primary N) is 1. The number of hydrogen-bond donors (Lipinski definition) is 2. The zero-order valence-electron chi connectivity index (χ0n) is 8.56. The summed E-state index contributed by atoms with van der Waals surface area (Å²) in [6, 6.07) is 5.05. The summed E-state index contributed by atoms with van der Waals surface area (Å²) in [6.45, 7) is 1.84. The van der Waals surface area contributed by atoms with E-state index in [9.17, 15) is 4.79 Å². The molecule has 0 aliphatic heterocycles. The van der Waals surface area contributed by atoms with Crippen molar-refractivity contribution in [2.24, 2.45) is 5.73 Å². The quantitative estimate of drug-likeness (QED) is 0.708. The molecule has 0 fully saturated rings. The Balaban J connectivity index is 0.000000583. The number of benzene rings is 1. The third-order valence-electron chi connectivity index (χ3n) is 1.59. The van der Waals surface area contributed by atoms with Crippen LogP contribution in [0, 0.1) is 6.92 Å². The number of rotatable bonds is 2. The summed E-state index contributed by atoms with van der Waals surface area (Å²) in [5.74, 6) is -0.566. The SMILES string of the molecule is COc1ccc(C)cc1C(=O)O.NC=O. The minimum Gasteiger partial charge on any atom is -0.496 e. The molecule has 1 amide bonds. The van der Waals surface area contributed by atoms with Crippen molar-refractivity contribution < 1.29 is 19.4 Å². The molecule has 1 aromatic carbocycles. The number of carbonyl (C=O) groups is 2. The van der Waals surface area contributed by atoms with Gasteiger partial charge in [-0.25, -0.2) is 4.79 Å². The van der Waals surface area contributed by atoms with Crippen molar-refractivity contribution in [3.8, 4) is 5.75 Å². The van der Waals surface area contributed by atoms with Crippen LogP contribution >= 0.6 is 0 Å². The summed E-state index contributed by atoms with van der Waals surface area (Å²) >= 11 is 0. The molecule has 3 N–H and O–H groups in total. The van der Waals surface area contributed by atoms with Gasteiger partial charge in [-0.2, -0.15) is 0 Å². The van der Waals surface area contributed by atoms with E-state index < -0.39 is 5.97 Å². The molecule has 1 rings (SSSR count). The Bertz CT molecular complexity index is 349. The van der Waals surface area contributed by atoms with E-state index in [1.807, 2.05) is 13.0 Å². The van der Waals surface area contributed by atoms with Crippen LogP contribution in [0.5, 0.6) is 5.75 Å². The van der Waals surface area contributed by atoms with Crippen LogP contribution in [0.25, 0.3) is 0 Å². The van der Waals surface area contributed by atoms with Gasteiger partial charge in [0.15, 0.2) is 0 Å². The highest BCUT2D eigenvalue weighted by Crippen LogP contribution is 2.18. The molecule has 15 heavy (non-hydrogen) atoms. The Hall–Kier alpha value is -2.04. The minimum absolute atomic E-state index is 0.206. The molecule has 0 radical (unpaired) electrons. The number of aromatic carboxylic acids is 1. The second-order valence-corrected chi connectivity index (χ2v) is 2.64. The summed E-state index contributed by atoms with van der Waals surface area (Å²) in [6.07, 6.45) is 0.250. The highest BCUT2D eigenvalue weighted by atomic mass is 16.5. The van der Waals surface area contributed by atoms with Crippen molar-refractivity contribution in [1.82, 2.24) is 0 Å². The van der Waals surface area contributed by atoms with E-state index >= 15 is 0 Å². The van der Waals surface area contributed by atoms with Crippen molar-refractivity contribution >= 4 is 12.4 Å². The lowest BCUT2D eigenvalue weighted by Crippen LogP contribution is -2.00. The van der Waals surface area contributed by atoms with Crippen LogP contribution in [0.15, 0.2) is 18.2 Å². The number of carboxylic acids is 1. The first-order valence-corrected chi connectivity index (χ1v) is 4.10. The average molecular weight is 211 g/mol. The van der Waals surface area contributed by atoms with Crippen molar-refractivity contribution in [2.75, 3.05) is 7.11 Å². The number of amides is 1. The fourth-order valence-corrected chi connectivity index (χ4v) is 0.989. The summed E-state index contributed by atoms with van der Waals surface area (Å²) in [5, 5.41) is 8.74. The van der Waals surface area contributed by atoms with Crippen molar-refractivity contribution in [1.29, 1.82) is 0 Å². The van der Waals surface area contributed by atoms with Gasteiger partial charge in [0.05, 0.1) is 7.11 Å². The number of carbonyl (C=O) groups excluding carboxylic acids is 1. The zero-order chi connectivity index (χ0) is 11.8. The maximum Gasteiger partial charge on any atom is 0.339 e. The van der Waals surface area contributed by atoms with E-state index in [-0.39, 0.29) is 12.0 Å². The second-order valence-electron chi connectivity index (χ2n) is 2.64. The smallest absolute Gasteiger partial charge is 0.339 e. The molecule has 82 valence electrons. The number of carboxylic acid groups (broad SMARTS) is 1. The standard InChI is InChI=1S/C9H10O3.CH3NO/c1-6-3-4-8(12-2)7(5-6)9(10)11;2-1-3/h3-5H,1-2H3,(H,10,11);1H,(H2,2,3). The van der Waals surface area contributed by atoms with Gasteiger partial charge in [-0.05, 0) is 19.1 Å². The number of primary amides is 1. The van der Waals surface area contributed by atoms with Crippen LogP contribution in [0.1, 0.15) is 15.9 Å². The van der Waals surface area contributed by atoms with Gasteiger partial charge >= 0.3 is 5.97 Å². The van der Waals surface area contributed by atoms with Crippen LogP contribution in [0.3, 0.4) is 0 Å². The highest BCUT2D eigenvalue weighted by molar-refractivity contribution is 5.91. The van der Waals surface area contributed by atoms with E-state index in [2.05, 4.69) is 5.73 Å².